The number of benzene rings is 2. The van der Waals surface area contributed by atoms with Gasteiger partial charge in [-0.15, -0.1) is 0 Å². The molecule has 0 radical (unpaired) electrons. The third-order valence-corrected chi connectivity index (χ3v) is 5.27. The highest BCUT2D eigenvalue weighted by atomic mass is 35.5. The van der Waals surface area contributed by atoms with E-state index in [0.29, 0.717) is 28.7 Å². The quantitative estimate of drug-likeness (QED) is 0.618. The van der Waals surface area contributed by atoms with Crippen molar-refractivity contribution in [2.75, 3.05) is 13.1 Å². The summed E-state index contributed by atoms with van der Waals surface area (Å²) in [5.41, 5.74) is 3.97. The van der Waals surface area contributed by atoms with E-state index >= 15 is 0 Å². The Morgan fingerprint density at radius 1 is 0.889 bits per heavy atom. The van der Waals surface area contributed by atoms with E-state index < -0.39 is 0 Å². The van der Waals surface area contributed by atoms with Gasteiger partial charge in [0.05, 0.1) is 17.1 Å². The Labute approximate surface area is 168 Å². The van der Waals surface area contributed by atoms with E-state index in [2.05, 4.69) is 11.0 Å². The Kier molecular flexibility index (Phi) is 5.30. The van der Waals surface area contributed by atoms with E-state index in [9.17, 15) is 4.79 Å². The van der Waals surface area contributed by atoms with E-state index in [4.69, 9.17) is 28.3 Å². The van der Waals surface area contributed by atoms with Crippen molar-refractivity contribution in [2.45, 2.75) is 19.4 Å². The largest absolute Gasteiger partial charge is 0.300 e. The number of hydrogen-bond acceptors (Lipinski definition) is 3. The van der Waals surface area contributed by atoms with Crippen molar-refractivity contribution in [1.82, 2.24) is 14.7 Å². The molecule has 1 aliphatic heterocycles. The van der Waals surface area contributed by atoms with Gasteiger partial charge in [-0.05, 0) is 42.5 Å². The lowest BCUT2D eigenvalue weighted by Crippen LogP contribution is -2.33. The standard InChI is InChI=1S/C21H19Cl2N3O/c22-16-3-1-15(2-4-16)21-13-18(14-25-11-9-20(27)10-12-25)24-26(21)19-7-5-17(23)6-8-19/h1-8,13H,9-12,14H2. The molecule has 6 heteroatoms. The van der Waals surface area contributed by atoms with E-state index in [1.807, 2.05) is 53.2 Å². The predicted octanol–water partition coefficient (Wildman–Crippen LogP) is 5.01. The first-order chi connectivity index (χ1) is 13.1. The summed E-state index contributed by atoms with van der Waals surface area (Å²) in [6, 6.07) is 17.5. The highest BCUT2D eigenvalue weighted by Crippen LogP contribution is 2.27. The maximum absolute atomic E-state index is 11.5. The number of Topliss-reactive ketones (excluding diaryl/α,β-unsaturated/α-hetero) is 1. The number of ketones is 1. The highest BCUT2D eigenvalue weighted by Gasteiger charge is 2.19. The van der Waals surface area contributed by atoms with Crippen molar-refractivity contribution >= 4 is 29.0 Å². The van der Waals surface area contributed by atoms with Gasteiger partial charge in [0.2, 0.25) is 0 Å². The van der Waals surface area contributed by atoms with Gasteiger partial charge in [0.25, 0.3) is 0 Å². The number of likely N-dealkylation sites (tertiary alicyclic amines) is 1. The van der Waals surface area contributed by atoms with Gasteiger partial charge in [-0.3, -0.25) is 9.69 Å². The Morgan fingerprint density at radius 2 is 1.48 bits per heavy atom. The number of carbonyl (C=O) groups excluding carboxylic acids is 1. The summed E-state index contributed by atoms with van der Waals surface area (Å²) in [6.45, 7) is 2.32. The normalized spacial score (nSPS) is 15.3. The van der Waals surface area contributed by atoms with Crippen molar-refractivity contribution in [3.8, 4) is 16.9 Å². The lowest BCUT2D eigenvalue weighted by Gasteiger charge is -2.24. The monoisotopic (exact) mass is 399 g/mol. The van der Waals surface area contributed by atoms with Crippen LogP contribution in [0.15, 0.2) is 54.6 Å². The van der Waals surface area contributed by atoms with Gasteiger partial charge in [-0.1, -0.05) is 35.3 Å². The van der Waals surface area contributed by atoms with Crippen LogP contribution in [0.5, 0.6) is 0 Å². The first-order valence-corrected chi connectivity index (χ1v) is 9.69. The van der Waals surface area contributed by atoms with Gasteiger partial charge in [-0.25, -0.2) is 4.68 Å². The van der Waals surface area contributed by atoms with Crippen LogP contribution in [0.1, 0.15) is 18.5 Å². The SMILES string of the molecule is O=C1CCN(Cc2cc(-c3ccc(Cl)cc3)n(-c3ccc(Cl)cc3)n2)CC1. The molecule has 1 saturated heterocycles. The van der Waals surface area contributed by atoms with Crippen LogP contribution in [0, 0.1) is 0 Å². The third-order valence-electron chi connectivity index (χ3n) is 4.77. The Bertz CT molecular complexity index is 876. The maximum atomic E-state index is 11.5. The van der Waals surface area contributed by atoms with Gasteiger partial charge in [0, 0.05) is 48.1 Å². The van der Waals surface area contributed by atoms with Gasteiger partial charge < -0.3 is 0 Å². The third kappa shape index (κ3) is 4.24. The second kappa shape index (κ2) is 7.85. The van der Waals surface area contributed by atoms with E-state index in [1.54, 1.807) is 0 Å². The molecule has 0 atom stereocenters. The maximum Gasteiger partial charge on any atom is 0.135 e. The topological polar surface area (TPSA) is 38.1 Å². The fourth-order valence-corrected chi connectivity index (χ4v) is 3.55. The molecule has 0 spiro atoms. The summed E-state index contributed by atoms with van der Waals surface area (Å²) in [5.74, 6) is 0.347. The number of nitrogens with zero attached hydrogens (tertiary/aromatic N) is 3. The van der Waals surface area contributed by atoms with E-state index in [-0.39, 0.29) is 0 Å². The minimum Gasteiger partial charge on any atom is -0.300 e. The Morgan fingerprint density at radius 3 is 2.11 bits per heavy atom. The molecular weight excluding hydrogens is 381 g/mol. The van der Waals surface area contributed by atoms with Crippen LogP contribution >= 0.6 is 23.2 Å². The van der Waals surface area contributed by atoms with Crippen molar-refractivity contribution in [2.24, 2.45) is 0 Å². The summed E-state index contributed by atoms with van der Waals surface area (Å²) in [6.07, 6.45) is 1.25. The molecule has 0 aliphatic carbocycles. The second-order valence-corrected chi connectivity index (χ2v) is 7.60. The van der Waals surface area contributed by atoms with Crippen molar-refractivity contribution in [1.29, 1.82) is 0 Å². The van der Waals surface area contributed by atoms with Gasteiger partial charge >= 0.3 is 0 Å². The molecule has 3 aromatic rings. The van der Waals surface area contributed by atoms with Crippen LogP contribution in [-0.4, -0.2) is 33.6 Å². The number of aromatic nitrogens is 2. The van der Waals surface area contributed by atoms with Gasteiger partial charge in [0.1, 0.15) is 5.78 Å². The smallest absolute Gasteiger partial charge is 0.135 e. The molecule has 4 rings (SSSR count). The molecule has 0 N–H and O–H groups in total. The Balaban J connectivity index is 1.69. The average Bonchev–Trinajstić information content (AvgIpc) is 3.08. The van der Waals surface area contributed by atoms with Gasteiger partial charge in [0.15, 0.2) is 0 Å². The summed E-state index contributed by atoms with van der Waals surface area (Å²) in [4.78, 5) is 13.8. The second-order valence-electron chi connectivity index (χ2n) is 6.73. The zero-order valence-electron chi connectivity index (χ0n) is 14.7. The molecule has 1 aliphatic rings. The Hall–Kier alpha value is -2.14. The first-order valence-electron chi connectivity index (χ1n) is 8.93. The lowest BCUT2D eigenvalue weighted by molar-refractivity contribution is -0.121. The van der Waals surface area contributed by atoms with E-state index in [0.717, 1.165) is 42.3 Å². The number of carbonyl (C=O) groups is 1. The molecule has 1 aromatic heterocycles. The summed E-state index contributed by atoms with van der Waals surface area (Å²) >= 11 is 12.1. The minimum absolute atomic E-state index is 0.347. The molecule has 2 aromatic carbocycles. The van der Waals surface area contributed by atoms with Crippen LogP contribution in [0.25, 0.3) is 16.9 Å². The average molecular weight is 400 g/mol. The molecule has 0 unspecified atom stereocenters. The fourth-order valence-electron chi connectivity index (χ4n) is 3.30. The van der Waals surface area contributed by atoms with Gasteiger partial charge in [-0.2, -0.15) is 5.10 Å². The molecule has 2 heterocycles. The summed E-state index contributed by atoms with van der Waals surface area (Å²) < 4.78 is 1.93. The molecular formula is C21H19Cl2N3O. The summed E-state index contributed by atoms with van der Waals surface area (Å²) in [5, 5.41) is 6.23. The number of halogens is 2. The number of piperidine rings is 1. The van der Waals surface area contributed by atoms with Crippen molar-refractivity contribution in [3.63, 3.8) is 0 Å². The summed E-state index contributed by atoms with van der Waals surface area (Å²) in [7, 11) is 0. The first kappa shape index (κ1) is 18.2. The lowest BCUT2D eigenvalue weighted by atomic mass is 10.1. The number of rotatable bonds is 4. The fraction of sp³-hybridized carbons (Fsp3) is 0.238. The van der Waals surface area contributed by atoms with Crippen LogP contribution in [-0.2, 0) is 11.3 Å². The molecule has 1 fully saturated rings. The van der Waals surface area contributed by atoms with Crippen molar-refractivity contribution < 1.29 is 4.79 Å². The zero-order chi connectivity index (χ0) is 18.8. The zero-order valence-corrected chi connectivity index (χ0v) is 16.2. The van der Waals surface area contributed by atoms with Crippen LogP contribution in [0.4, 0.5) is 0 Å². The highest BCUT2D eigenvalue weighted by molar-refractivity contribution is 6.30. The molecule has 0 saturated carbocycles. The van der Waals surface area contributed by atoms with Crippen LogP contribution in [0.2, 0.25) is 10.0 Å². The van der Waals surface area contributed by atoms with Crippen LogP contribution in [0.3, 0.4) is 0 Å². The molecule has 0 amide bonds. The minimum atomic E-state index is 0.347. The molecule has 0 bridgehead atoms. The van der Waals surface area contributed by atoms with Crippen molar-refractivity contribution in [3.05, 3.63) is 70.3 Å². The molecule has 4 nitrogen and oxygen atoms in total. The molecule has 27 heavy (non-hydrogen) atoms. The predicted molar refractivity (Wildman–Crippen MR) is 109 cm³/mol. The molecule has 138 valence electrons. The van der Waals surface area contributed by atoms with E-state index in [1.165, 1.54) is 0 Å². The van der Waals surface area contributed by atoms with Crippen LogP contribution < -0.4 is 0 Å². The number of hydrogen-bond donors (Lipinski definition) is 0.